The van der Waals surface area contributed by atoms with E-state index in [1.807, 2.05) is 0 Å². The quantitative estimate of drug-likeness (QED) is 0.504. The van der Waals surface area contributed by atoms with Crippen LogP contribution in [0.5, 0.6) is 0 Å². The van der Waals surface area contributed by atoms with E-state index < -0.39 is 0 Å². The van der Waals surface area contributed by atoms with Gasteiger partial charge in [-0.1, -0.05) is 25.8 Å². The Hall–Kier alpha value is -1.61. The van der Waals surface area contributed by atoms with E-state index in [1.54, 1.807) is 0 Å². The molecule has 0 atom stereocenters. The fraction of sp³-hybridized carbons (Fsp3) is 0.500. The SMILES string of the molecule is CCCCc1ccc2nc3c(c(NN)c2c1)CCCCC3. The number of aromatic nitrogens is 1. The van der Waals surface area contributed by atoms with Gasteiger partial charge in [0.1, 0.15) is 0 Å². The number of nitrogens with one attached hydrogen (secondary N) is 1. The first-order valence-electron chi connectivity index (χ1n) is 8.24. The molecule has 3 nitrogen and oxygen atoms in total. The third kappa shape index (κ3) is 2.88. The van der Waals surface area contributed by atoms with Crippen molar-refractivity contribution in [2.24, 2.45) is 5.84 Å². The normalized spacial score (nSPS) is 14.8. The summed E-state index contributed by atoms with van der Waals surface area (Å²) < 4.78 is 0. The number of benzene rings is 1. The third-order valence-corrected chi connectivity index (χ3v) is 4.54. The van der Waals surface area contributed by atoms with E-state index in [9.17, 15) is 0 Å². The molecule has 3 N–H and O–H groups in total. The fourth-order valence-corrected chi connectivity index (χ4v) is 3.35. The average Bonchev–Trinajstić information content (AvgIpc) is 2.75. The van der Waals surface area contributed by atoms with Crippen LogP contribution in [-0.2, 0) is 19.3 Å². The Morgan fingerprint density at radius 1 is 1.19 bits per heavy atom. The second-order valence-corrected chi connectivity index (χ2v) is 6.07. The van der Waals surface area contributed by atoms with E-state index in [2.05, 4.69) is 30.5 Å². The molecule has 3 heteroatoms. The predicted octanol–water partition coefficient (Wildman–Crippen LogP) is 4.13. The van der Waals surface area contributed by atoms with Gasteiger partial charge in [0.05, 0.1) is 11.2 Å². The lowest BCUT2D eigenvalue weighted by molar-refractivity contribution is 0.709. The Bertz CT molecular complexity index is 634. The summed E-state index contributed by atoms with van der Waals surface area (Å²) in [6.45, 7) is 2.23. The first kappa shape index (κ1) is 14.3. The number of hydrogen-bond acceptors (Lipinski definition) is 3. The number of hydrogen-bond donors (Lipinski definition) is 2. The van der Waals surface area contributed by atoms with Gasteiger partial charge in [-0.05, 0) is 61.8 Å². The molecule has 2 aromatic rings. The summed E-state index contributed by atoms with van der Waals surface area (Å²) >= 11 is 0. The van der Waals surface area contributed by atoms with Crippen molar-refractivity contribution in [1.82, 2.24) is 4.98 Å². The van der Waals surface area contributed by atoms with E-state index in [4.69, 9.17) is 10.8 Å². The van der Waals surface area contributed by atoms with E-state index in [1.165, 1.54) is 54.3 Å². The minimum atomic E-state index is 1.07. The van der Waals surface area contributed by atoms with Gasteiger partial charge in [0.25, 0.3) is 0 Å². The minimum Gasteiger partial charge on any atom is -0.323 e. The van der Waals surface area contributed by atoms with Gasteiger partial charge in [0.15, 0.2) is 0 Å². The van der Waals surface area contributed by atoms with Crippen LogP contribution in [0.25, 0.3) is 10.9 Å². The molecule has 0 radical (unpaired) electrons. The summed E-state index contributed by atoms with van der Waals surface area (Å²) in [5.41, 5.74) is 9.12. The predicted molar refractivity (Wildman–Crippen MR) is 89.4 cm³/mol. The third-order valence-electron chi connectivity index (χ3n) is 4.54. The molecule has 1 aliphatic carbocycles. The molecule has 0 spiro atoms. The van der Waals surface area contributed by atoms with Crippen LogP contribution in [0.4, 0.5) is 5.69 Å². The topological polar surface area (TPSA) is 50.9 Å². The average molecular weight is 283 g/mol. The van der Waals surface area contributed by atoms with Gasteiger partial charge in [0, 0.05) is 11.1 Å². The van der Waals surface area contributed by atoms with Crippen LogP contribution in [0.15, 0.2) is 18.2 Å². The van der Waals surface area contributed by atoms with Crippen molar-refractivity contribution in [3.05, 3.63) is 35.0 Å². The minimum absolute atomic E-state index is 1.07. The molecule has 0 fully saturated rings. The molecule has 0 bridgehead atoms. The number of rotatable bonds is 4. The van der Waals surface area contributed by atoms with Gasteiger partial charge in [-0.25, -0.2) is 0 Å². The van der Waals surface area contributed by atoms with Gasteiger partial charge in [-0.3, -0.25) is 10.8 Å². The molecule has 0 unspecified atom stereocenters. The highest BCUT2D eigenvalue weighted by Crippen LogP contribution is 2.32. The summed E-state index contributed by atoms with van der Waals surface area (Å²) in [5, 5.41) is 1.19. The number of anilines is 1. The standard InChI is InChI=1S/C18H25N3/c1-2-3-7-13-10-11-17-15(12-13)18(21-19)14-8-5-4-6-9-16(14)20-17/h10-12H,2-9,19H2,1H3,(H,20,21). The van der Waals surface area contributed by atoms with Crippen molar-refractivity contribution < 1.29 is 0 Å². The lowest BCUT2D eigenvalue weighted by Crippen LogP contribution is -2.12. The van der Waals surface area contributed by atoms with Crippen molar-refractivity contribution in [1.29, 1.82) is 0 Å². The van der Waals surface area contributed by atoms with Crippen molar-refractivity contribution >= 4 is 16.6 Å². The lowest BCUT2D eigenvalue weighted by Gasteiger charge is -2.15. The fourth-order valence-electron chi connectivity index (χ4n) is 3.35. The maximum atomic E-state index is 5.86. The second kappa shape index (κ2) is 6.44. The zero-order valence-corrected chi connectivity index (χ0v) is 12.9. The first-order valence-corrected chi connectivity index (χ1v) is 8.24. The molecule has 1 heterocycles. The highest BCUT2D eigenvalue weighted by atomic mass is 15.2. The molecule has 112 valence electrons. The summed E-state index contributed by atoms with van der Waals surface area (Å²) in [4.78, 5) is 4.91. The van der Waals surface area contributed by atoms with Crippen LogP contribution >= 0.6 is 0 Å². The van der Waals surface area contributed by atoms with Crippen molar-refractivity contribution in [2.75, 3.05) is 5.43 Å². The van der Waals surface area contributed by atoms with Crippen LogP contribution in [0.2, 0.25) is 0 Å². The van der Waals surface area contributed by atoms with Gasteiger partial charge < -0.3 is 5.43 Å². The monoisotopic (exact) mass is 283 g/mol. The summed E-state index contributed by atoms with van der Waals surface area (Å²) in [6.07, 6.45) is 9.53. The molecular weight excluding hydrogens is 258 g/mol. The number of pyridine rings is 1. The maximum Gasteiger partial charge on any atom is 0.0726 e. The van der Waals surface area contributed by atoms with Crippen molar-refractivity contribution in [3.63, 3.8) is 0 Å². The van der Waals surface area contributed by atoms with Crippen LogP contribution in [0, 0.1) is 0 Å². The van der Waals surface area contributed by atoms with Crippen LogP contribution in [0.3, 0.4) is 0 Å². The molecule has 0 aliphatic heterocycles. The number of hydrazine groups is 1. The maximum absolute atomic E-state index is 5.86. The highest BCUT2D eigenvalue weighted by Gasteiger charge is 2.16. The number of nitrogens with zero attached hydrogens (tertiary/aromatic N) is 1. The highest BCUT2D eigenvalue weighted by molar-refractivity contribution is 5.93. The molecule has 0 amide bonds. The van der Waals surface area contributed by atoms with E-state index >= 15 is 0 Å². The first-order chi connectivity index (χ1) is 10.3. The molecule has 1 aliphatic rings. The summed E-state index contributed by atoms with van der Waals surface area (Å²) in [7, 11) is 0. The van der Waals surface area contributed by atoms with E-state index in [0.717, 1.165) is 30.5 Å². The Morgan fingerprint density at radius 2 is 2.05 bits per heavy atom. The zero-order chi connectivity index (χ0) is 14.7. The number of nitrogens with two attached hydrogens (primary N) is 1. The number of nitrogen functional groups attached to an aromatic ring is 1. The summed E-state index contributed by atoms with van der Waals surface area (Å²) in [5.74, 6) is 5.86. The van der Waals surface area contributed by atoms with Crippen LogP contribution < -0.4 is 11.3 Å². The van der Waals surface area contributed by atoms with Gasteiger partial charge in [0.2, 0.25) is 0 Å². The number of aryl methyl sites for hydroxylation is 2. The summed E-state index contributed by atoms with van der Waals surface area (Å²) in [6, 6.07) is 6.65. The Kier molecular flexibility index (Phi) is 4.39. The molecule has 1 aromatic carbocycles. The molecule has 0 saturated carbocycles. The smallest absolute Gasteiger partial charge is 0.0726 e. The molecule has 21 heavy (non-hydrogen) atoms. The molecule has 1 aromatic heterocycles. The molecular formula is C18H25N3. The largest absolute Gasteiger partial charge is 0.323 e. The molecule has 0 saturated heterocycles. The van der Waals surface area contributed by atoms with E-state index in [0.29, 0.717) is 0 Å². The van der Waals surface area contributed by atoms with Gasteiger partial charge >= 0.3 is 0 Å². The Morgan fingerprint density at radius 3 is 2.86 bits per heavy atom. The van der Waals surface area contributed by atoms with Crippen molar-refractivity contribution in [3.8, 4) is 0 Å². The Labute approximate surface area is 126 Å². The van der Waals surface area contributed by atoms with Gasteiger partial charge in [-0.2, -0.15) is 0 Å². The van der Waals surface area contributed by atoms with Crippen LogP contribution in [0.1, 0.15) is 55.8 Å². The van der Waals surface area contributed by atoms with Crippen molar-refractivity contribution in [2.45, 2.75) is 58.3 Å². The van der Waals surface area contributed by atoms with Crippen LogP contribution in [-0.4, -0.2) is 4.98 Å². The zero-order valence-electron chi connectivity index (χ0n) is 12.9. The molecule has 3 rings (SSSR count). The van der Waals surface area contributed by atoms with Gasteiger partial charge in [-0.15, -0.1) is 0 Å². The number of fused-ring (bicyclic) bond motifs is 2. The lowest BCUT2D eigenvalue weighted by atomic mass is 9.99. The number of unbranched alkanes of at least 4 members (excludes halogenated alkanes) is 1. The Balaban J connectivity index is 2.12. The van der Waals surface area contributed by atoms with E-state index in [-0.39, 0.29) is 0 Å². The second-order valence-electron chi connectivity index (χ2n) is 6.07.